The van der Waals surface area contributed by atoms with Crippen LogP contribution in [0.5, 0.6) is 5.75 Å². The van der Waals surface area contributed by atoms with E-state index in [0.717, 1.165) is 12.1 Å². The second kappa shape index (κ2) is 4.25. The maximum Gasteiger partial charge on any atom is 0.416 e. The molecule has 2 aromatic carbocycles. The van der Waals surface area contributed by atoms with Crippen molar-refractivity contribution in [3.63, 3.8) is 0 Å². The molecule has 21 heavy (non-hydrogen) atoms. The third-order valence-electron chi connectivity index (χ3n) is 3.59. The Labute approximate surface area is 117 Å². The summed E-state index contributed by atoms with van der Waals surface area (Å²) in [6.45, 7) is 0. The van der Waals surface area contributed by atoms with Gasteiger partial charge in [0.2, 0.25) is 0 Å². The van der Waals surface area contributed by atoms with Crippen LogP contribution in [0.15, 0.2) is 30.3 Å². The molecule has 2 N–H and O–H groups in total. The van der Waals surface area contributed by atoms with Crippen LogP contribution in [-0.2, 0) is 12.6 Å². The van der Waals surface area contributed by atoms with Crippen LogP contribution in [0.3, 0.4) is 0 Å². The first-order valence-corrected chi connectivity index (χ1v) is 6.07. The van der Waals surface area contributed by atoms with E-state index in [1.807, 2.05) is 0 Å². The van der Waals surface area contributed by atoms with Gasteiger partial charge in [-0.15, -0.1) is 0 Å². The molecule has 0 fully saturated rings. The zero-order valence-corrected chi connectivity index (χ0v) is 10.5. The van der Waals surface area contributed by atoms with Gasteiger partial charge in [0.1, 0.15) is 11.3 Å². The zero-order chi connectivity index (χ0) is 15.4. The predicted molar refractivity (Wildman–Crippen MR) is 68.3 cm³/mol. The molecule has 0 radical (unpaired) electrons. The van der Waals surface area contributed by atoms with E-state index in [-0.39, 0.29) is 17.7 Å². The van der Waals surface area contributed by atoms with Crippen molar-refractivity contribution in [3.8, 4) is 16.9 Å². The summed E-state index contributed by atoms with van der Waals surface area (Å²) in [6.07, 6.45) is -4.38. The number of halogens is 3. The van der Waals surface area contributed by atoms with Crippen LogP contribution in [0.25, 0.3) is 11.1 Å². The molecule has 0 saturated carbocycles. The summed E-state index contributed by atoms with van der Waals surface area (Å²) in [5.41, 5.74) is 0.853. The molecule has 0 heterocycles. The van der Waals surface area contributed by atoms with Crippen molar-refractivity contribution >= 4 is 5.97 Å². The number of hydrogen-bond donors (Lipinski definition) is 2. The average Bonchev–Trinajstić information content (AvgIpc) is 2.73. The van der Waals surface area contributed by atoms with Crippen molar-refractivity contribution in [1.82, 2.24) is 0 Å². The van der Waals surface area contributed by atoms with Gasteiger partial charge in [-0.25, -0.2) is 4.79 Å². The van der Waals surface area contributed by atoms with Crippen LogP contribution in [0, 0.1) is 0 Å². The Morgan fingerprint density at radius 3 is 2.38 bits per heavy atom. The van der Waals surface area contributed by atoms with Crippen molar-refractivity contribution < 1.29 is 28.2 Å². The third kappa shape index (κ3) is 2.03. The Morgan fingerprint density at radius 1 is 1.10 bits per heavy atom. The fourth-order valence-corrected chi connectivity index (χ4v) is 2.68. The third-order valence-corrected chi connectivity index (χ3v) is 3.59. The molecule has 2 aromatic rings. The van der Waals surface area contributed by atoms with E-state index in [1.54, 1.807) is 0 Å². The van der Waals surface area contributed by atoms with Crippen LogP contribution in [-0.4, -0.2) is 16.2 Å². The number of carbonyl (C=O) groups is 1. The molecule has 0 unspecified atom stereocenters. The number of carboxylic acids is 1. The molecule has 0 amide bonds. The number of benzene rings is 2. The summed E-state index contributed by atoms with van der Waals surface area (Å²) in [6, 6.07) is 6.11. The van der Waals surface area contributed by atoms with Crippen molar-refractivity contribution in [2.24, 2.45) is 0 Å². The summed E-state index contributed by atoms with van der Waals surface area (Å²) in [5, 5.41) is 18.8. The molecular weight excluding hydrogens is 285 g/mol. The summed E-state index contributed by atoms with van der Waals surface area (Å²) < 4.78 is 38.2. The number of alkyl halides is 3. The van der Waals surface area contributed by atoms with E-state index in [4.69, 9.17) is 5.11 Å². The molecule has 1 aliphatic rings. The standard InChI is InChI=1S/C15H9F3O3/c16-15(17,18)8-1-2-9-7(5-8)6-11-10(9)3-4-12(19)13(11)14(20)21/h1-5,19H,6H2,(H,20,21). The first-order valence-electron chi connectivity index (χ1n) is 6.07. The van der Waals surface area contributed by atoms with E-state index in [2.05, 4.69) is 0 Å². The highest BCUT2D eigenvalue weighted by atomic mass is 19.4. The lowest BCUT2D eigenvalue weighted by atomic mass is 10.0. The zero-order valence-electron chi connectivity index (χ0n) is 10.5. The fraction of sp³-hybridized carbons (Fsp3) is 0.133. The molecule has 3 rings (SSSR count). The van der Waals surface area contributed by atoms with Gasteiger partial charge in [0.25, 0.3) is 0 Å². The van der Waals surface area contributed by atoms with Gasteiger partial charge < -0.3 is 10.2 Å². The summed E-state index contributed by atoms with van der Waals surface area (Å²) in [5.74, 6) is -1.68. The number of rotatable bonds is 1. The topological polar surface area (TPSA) is 57.5 Å². The van der Waals surface area contributed by atoms with Gasteiger partial charge in [-0.1, -0.05) is 12.1 Å². The minimum absolute atomic E-state index is 0.0601. The van der Waals surface area contributed by atoms with Crippen LogP contribution in [0.4, 0.5) is 13.2 Å². The lowest BCUT2D eigenvalue weighted by molar-refractivity contribution is -0.137. The van der Waals surface area contributed by atoms with Crippen molar-refractivity contribution in [2.75, 3.05) is 0 Å². The second-order valence-electron chi connectivity index (χ2n) is 4.84. The van der Waals surface area contributed by atoms with Crippen LogP contribution >= 0.6 is 0 Å². The van der Waals surface area contributed by atoms with Crippen molar-refractivity contribution in [2.45, 2.75) is 12.6 Å². The first kappa shape index (κ1) is 13.5. The van der Waals surface area contributed by atoms with Crippen LogP contribution in [0.1, 0.15) is 27.0 Å². The summed E-state index contributed by atoms with van der Waals surface area (Å²) >= 11 is 0. The van der Waals surface area contributed by atoms with Gasteiger partial charge in [0, 0.05) is 0 Å². The van der Waals surface area contributed by atoms with Gasteiger partial charge in [-0.05, 0) is 46.9 Å². The van der Waals surface area contributed by atoms with Crippen LogP contribution < -0.4 is 0 Å². The first-order chi connectivity index (χ1) is 9.79. The molecule has 6 heteroatoms. The summed E-state index contributed by atoms with van der Waals surface area (Å²) in [7, 11) is 0. The van der Waals surface area contributed by atoms with Crippen molar-refractivity contribution in [1.29, 1.82) is 0 Å². The van der Waals surface area contributed by atoms with Crippen molar-refractivity contribution in [3.05, 3.63) is 52.6 Å². The fourth-order valence-electron chi connectivity index (χ4n) is 2.68. The number of carboxylic acid groups (broad SMARTS) is 1. The van der Waals surface area contributed by atoms with Crippen LogP contribution in [0.2, 0.25) is 0 Å². The van der Waals surface area contributed by atoms with Gasteiger partial charge in [-0.3, -0.25) is 0 Å². The van der Waals surface area contributed by atoms with E-state index < -0.39 is 17.7 Å². The van der Waals surface area contributed by atoms with E-state index in [9.17, 15) is 23.1 Å². The molecule has 0 atom stereocenters. The highest BCUT2D eigenvalue weighted by Gasteiger charge is 2.33. The average molecular weight is 294 g/mol. The minimum Gasteiger partial charge on any atom is -0.507 e. The normalized spacial score (nSPS) is 12.9. The molecule has 0 aliphatic heterocycles. The minimum atomic E-state index is -4.44. The Kier molecular flexibility index (Phi) is 2.73. The molecule has 3 nitrogen and oxygen atoms in total. The maximum atomic E-state index is 12.7. The number of hydrogen-bond acceptors (Lipinski definition) is 2. The Bertz CT molecular complexity index is 763. The monoisotopic (exact) mass is 294 g/mol. The van der Waals surface area contributed by atoms with Gasteiger partial charge in [0.15, 0.2) is 0 Å². The smallest absolute Gasteiger partial charge is 0.416 e. The highest BCUT2D eigenvalue weighted by molar-refractivity contribution is 5.97. The number of phenols is 1. The van der Waals surface area contributed by atoms with Gasteiger partial charge in [-0.2, -0.15) is 13.2 Å². The highest BCUT2D eigenvalue weighted by Crippen LogP contribution is 2.43. The second-order valence-corrected chi connectivity index (χ2v) is 4.84. The van der Waals surface area contributed by atoms with E-state index in [0.29, 0.717) is 22.3 Å². The molecule has 0 saturated heterocycles. The molecule has 0 spiro atoms. The molecule has 0 aromatic heterocycles. The molecule has 1 aliphatic carbocycles. The number of aromatic hydroxyl groups is 1. The Hall–Kier alpha value is -2.50. The lowest BCUT2D eigenvalue weighted by Gasteiger charge is -2.08. The summed E-state index contributed by atoms with van der Waals surface area (Å²) in [4.78, 5) is 11.2. The number of aromatic carboxylic acids is 1. The predicted octanol–water partition coefficient (Wildman–Crippen LogP) is 3.68. The van der Waals surface area contributed by atoms with Gasteiger partial charge >= 0.3 is 12.1 Å². The van der Waals surface area contributed by atoms with Gasteiger partial charge in [0.05, 0.1) is 5.56 Å². The molecular formula is C15H9F3O3. The van der Waals surface area contributed by atoms with E-state index in [1.165, 1.54) is 18.2 Å². The molecule has 108 valence electrons. The Morgan fingerprint density at radius 2 is 1.76 bits per heavy atom. The SMILES string of the molecule is O=C(O)c1c(O)ccc2c1Cc1cc(C(F)(F)F)ccc1-2. The lowest BCUT2D eigenvalue weighted by Crippen LogP contribution is -2.05. The largest absolute Gasteiger partial charge is 0.507 e. The van der Waals surface area contributed by atoms with E-state index >= 15 is 0 Å². The Balaban J connectivity index is 2.18. The molecule has 0 bridgehead atoms. The number of fused-ring (bicyclic) bond motifs is 3. The quantitative estimate of drug-likeness (QED) is 0.719. The maximum absolute atomic E-state index is 12.7.